The van der Waals surface area contributed by atoms with Crippen molar-refractivity contribution in [3.05, 3.63) is 69.1 Å². The third-order valence-corrected chi connectivity index (χ3v) is 4.70. The summed E-state index contributed by atoms with van der Waals surface area (Å²) in [7, 11) is 0. The normalized spacial score (nSPS) is 11.4. The highest BCUT2D eigenvalue weighted by Gasteiger charge is 2.15. The largest absolute Gasteiger partial charge is 0.508 e. The fourth-order valence-electron chi connectivity index (χ4n) is 1.95. The van der Waals surface area contributed by atoms with Gasteiger partial charge in [-0.3, -0.25) is 4.79 Å². The van der Waals surface area contributed by atoms with Crippen molar-refractivity contribution >= 4 is 57.2 Å². The molecule has 0 aliphatic heterocycles. The summed E-state index contributed by atoms with van der Waals surface area (Å²) in [4.78, 5) is 12.2. The summed E-state index contributed by atoms with van der Waals surface area (Å²) in [6, 6.07) is 13.4. The number of nitrogens with one attached hydrogen (secondary N) is 1. The Balaban J connectivity index is 1.75. The predicted octanol–water partition coefficient (Wildman–Crippen LogP) is 4.89. The van der Waals surface area contributed by atoms with Gasteiger partial charge in [0.05, 0.1) is 5.03 Å². The molecule has 0 fully saturated rings. The summed E-state index contributed by atoms with van der Waals surface area (Å²) in [6.07, 6.45) is 1.64. The molecule has 8 heteroatoms. The number of anilines is 1. The summed E-state index contributed by atoms with van der Waals surface area (Å²) in [5, 5.41) is 21.5. The lowest BCUT2D eigenvalue weighted by atomic mass is 10.2. The van der Waals surface area contributed by atoms with Crippen LogP contribution in [-0.2, 0) is 0 Å². The number of phenolic OH excluding ortho intramolecular Hbond substituents is 1. The molecule has 0 atom stereocenters. The van der Waals surface area contributed by atoms with Gasteiger partial charge in [0.2, 0.25) is 5.01 Å². The van der Waals surface area contributed by atoms with E-state index in [2.05, 4.69) is 15.5 Å². The average Bonchev–Trinajstić information content (AvgIpc) is 3.07. The predicted molar refractivity (Wildman–Crippen MR) is 101 cm³/mol. The topological polar surface area (TPSA) is 75.1 Å². The molecule has 0 unspecified atom stereocenters. The van der Waals surface area contributed by atoms with E-state index in [9.17, 15) is 9.90 Å². The second-order valence-electron chi connectivity index (χ2n) is 4.96. The molecule has 2 aromatic carbocycles. The van der Waals surface area contributed by atoms with Crippen LogP contribution >= 0.6 is 34.5 Å². The van der Waals surface area contributed by atoms with Gasteiger partial charge in [-0.05, 0) is 48.0 Å². The van der Waals surface area contributed by atoms with Crippen molar-refractivity contribution in [1.82, 2.24) is 10.2 Å². The molecule has 25 heavy (non-hydrogen) atoms. The van der Waals surface area contributed by atoms with Gasteiger partial charge in [0.25, 0.3) is 5.91 Å². The fraction of sp³-hybridized carbons (Fsp3) is 0. The Morgan fingerprint density at radius 3 is 2.56 bits per heavy atom. The first-order valence-corrected chi connectivity index (χ1v) is 8.65. The number of hydrogen-bond donors (Lipinski definition) is 2. The maximum absolute atomic E-state index is 12.2. The Morgan fingerprint density at radius 2 is 1.84 bits per heavy atom. The summed E-state index contributed by atoms with van der Waals surface area (Å²) >= 11 is 13.1. The number of halogens is 2. The van der Waals surface area contributed by atoms with Gasteiger partial charge in [0.1, 0.15) is 5.75 Å². The number of hydrogen-bond acceptors (Lipinski definition) is 5. The lowest BCUT2D eigenvalue weighted by Gasteiger charge is -2.01. The molecule has 1 heterocycles. The van der Waals surface area contributed by atoms with E-state index in [0.717, 1.165) is 11.3 Å². The second kappa shape index (κ2) is 7.65. The second-order valence-corrected chi connectivity index (χ2v) is 6.78. The van der Waals surface area contributed by atoms with Crippen molar-refractivity contribution in [2.75, 3.05) is 5.32 Å². The van der Waals surface area contributed by atoms with Gasteiger partial charge in [-0.1, -0.05) is 46.7 Å². The van der Waals surface area contributed by atoms with Gasteiger partial charge < -0.3 is 10.4 Å². The molecule has 5 nitrogen and oxygen atoms in total. The number of carbonyl (C=O) groups excluding carboxylic acids is 1. The van der Waals surface area contributed by atoms with Crippen molar-refractivity contribution < 1.29 is 9.90 Å². The maximum Gasteiger partial charge on any atom is 0.286 e. The summed E-state index contributed by atoms with van der Waals surface area (Å²) < 4.78 is 0. The van der Waals surface area contributed by atoms with E-state index in [1.807, 2.05) is 0 Å². The van der Waals surface area contributed by atoms with E-state index in [-0.39, 0.29) is 16.7 Å². The van der Waals surface area contributed by atoms with E-state index in [0.29, 0.717) is 26.3 Å². The van der Waals surface area contributed by atoms with Crippen LogP contribution in [0.4, 0.5) is 5.69 Å². The SMILES string of the molecule is O=C(Nc1ccc(Cl)cc1)c1nnc(/C(Cl)=C/c2cccc(O)c2)s1. The van der Waals surface area contributed by atoms with Gasteiger partial charge in [0, 0.05) is 10.7 Å². The van der Waals surface area contributed by atoms with Crippen LogP contribution in [0.2, 0.25) is 5.02 Å². The fourth-order valence-corrected chi connectivity index (χ4v) is 3.00. The summed E-state index contributed by atoms with van der Waals surface area (Å²) in [5.74, 6) is -0.244. The molecule has 2 N–H and O–H groups in total. The van der Waals surface area contributed by atoms with Crippen LogP contribution in [0.3, 0.4) is 0 Å². The molecule has 0 radical (unpaired) electrons. The van der Waals surface area contributed by atoms with Gasteiger partial charge in [-0.15, -0.1) is 10.2 Å². The van der Waals surface area contributed by atoms with E-state index in [4.69, 9.17) is 23.2 Å². The van der Waals surface area contributed by atoms with Crippen molar-refractivity contribution in [1.29, 1.82) is 0 Å². The highest BCUT2D eigenvalue weighted by Crippen LogP contribution is 2.26. The Bertz CT molecular complexity index is 939. The first-order chi connectivity index (χ1) is 12.0. The van der Waals surface area contributed by atoms with Gasteiger partial charge in [-0.2, -0.15) is 0 Å². The Kier molecular flexibility index (Phi) is 5.33. The Morgan fingerprint density at radius 1 is 1.12 bits per heavy atom. The molecule has 0 saturated carbocycles. The van der Waals surface area contributed by atoms with Crippen molar-refractivity contribution in [3.63, 3.8) is 0 Å². The molecule has 1 aromatic heterocycles. The lowest BCUT2D eigenvalue weighted by Crippen LogP contribution is -2.11. The van der Waals surface area contributed by atoms with Gasteiger partial charge in [0.15, 0.2) is 5.01 Å². The molecule has 0 aliphatic rings. The number of rotatable bonds is 4. The van der Waals surface area contributed by atoms with Crippen LogP contribution in [0, 0.1) is 0 Å². The number of nitrogens with zero attached hydrogens (tertiary/aromatic N) is 2. The molecule has 0 saturated heterocycles. The lowest BCUT2D eigenvalue weighted by molar-refractivity contribution is 0.102. The zero-order valence-electron chi connectivity index (χ0n) is 12.6. The third kappa shape index (κ3) is 4.57. The van der Waals surface area contributed by atoms with Gasteiger partial charge >= 0.3 is 0 Å². The van der Waals surface area contributed by atoms with Crippen molar-refractivity contribution in [3.8, 4) is 5.75 Å². The molecular formula is C17H11Cl2N3O2S. The summed E-state index contributed by atoms with van der Waals surface area (Å²) in [6.45, 7) is 0. The third-order valence-electron chi connectivity index (χ3n) is 3.09. The number of aromatic nitrogens is 2. The first kappa shape index (κ1) is 17.4. The van der Waals surface area contributed by atoms with Crippen LogP contribution in [-0.4, -0.2) is 21.2 Å². The molecular weight excluding hydrogens is 381 g/mol. The first-order valence-electron chi connectivity index (χ1n) is 7.08. The van der Waals surface area contributed by atoms with Crippen LogP contribution in [0.15, 0.2) is 48.5 Å². The summed E-state index contributed by atoms with van der Waals surface area (Å²) in [5.41, 5.74) is 1.32. The minimum Gasteiger partial charge on any atom is -0.508 e. The van der Waals surface area contributed by atoms with E-state index >= 15 is 0 Å². The molecule has 1 amide bonds. The van der Waals surface area contributed by atoms with Crippen molar-refractivity contribution in [2.45, 2.75) is 0 Å². The minimum atomic E-state index is -0.382. The monoisotopic (exact) mass is 391 g/mol. The van der Waals surface area contributed by atoms with Crippen LogP contribution in [0.1, 0.15) is 20.4 Å². The minimum absolute atomic E-state index is 0.138. The highest BCUT2D eigenvalue weighted by atomic mass is 35.5. The average molecular weight is 392 g/mol. The smallest absolute Gasteiger partial charge is 0.286 e. The number of amides is 1. The zero-order chi connectivity index (χ0) is 17.8. The van der Waals surface area contributed by atoms with Crippen LogP contribution in [0.5, 0.6) is 5.75 Å². The maximum atomic E-state index is 12.2. The molecule has 0 aliphatic carbocycles. The molecule has 0 spiro atoms. The number of aromatic hydroxyl groups is 1. The van der Waals surface area contributed by atoms with Crippen LogP contribution in [0.25, 0.3) is 11.1 Å². The van der Waals surface area contributed by atoms with E-state index < -0.39 is 0 Å². The Hall–Kier alpha value is -2.41. The van der Waals surface area contributed by atoms with Gasteiger partial charge in [-0.25, -0.2) is 0 Å². The molecule has 3 aromatic rings. The molecule has 0 bridgehead atoms. The number of carbonyl (C=O) groups is 1. The zero-order valence-corrected chi connectivity index (χ0v) is 14.9. The Labute approximate surface area is 157 Å². The highest BCUT2D eigenvalue weighted by molar-refractivity contribution is 7.15. The number of phenols is 1. The van der Waals surface area contributed by atoms with E-state index in [1.54, 1.807) is 54.6 Å². The van der Waals surface area contributed by atoms with E-state index in [1.165, 1.54) is 0 Å². The molecule has 126 valence electrons. The number of benzene rings is 2. The van der Waals surface area contributed by atoms with Crippen LogP contribution < -0.4 is 5.32 Å². The standard InChI is InChI=1S/C17H11Cl2N3O2S/c18-11-4-6-12(7-5-11)20-15(24)17-22-21-16(25-17)14(19)9-10-2-1-3-13(23)8-10/h1-9,23H,(H,20,24)/b14-9-. The van der Waals surface area contributed by atoms with Crippen molar-refractivity contribution in [2.24, 2.45) is 0 Å². The molecule has 3 rings (SSSR count). The quantitative estimate of drug-likeness (QED) is 0.663.